The average molecular weight is 299 g/mol. The predicted octanol–water partition coefficient (Wildman–Crippen LogP) is 1.82. The molecule has 0 radical (unpaired) electrons. The molecule has 2 aromatic heterocycles. The molecule has 0 aromatic carbocycles. The standard InChI is InChI=1S/C15H17N5O2/c21-12-5-4-6-16-14(12)19-15(22)11-9-13(18-10-17-11)20-7-2-1-3-8-20/h4-6,9-10,21H,1-3,7-8H2,(H,16,19,22). The van der Waals surface area contributed by atoms with Crippen LogP contribution >= 0.6 is 0 Å². The lowest BCUT2D eigenvalue weighted by Crippen LogP contribution is -2.30. The van der Waals surface area contributed by atoms with Crippen molar-refractivity contribution in [3.8, 4) is 5.75 Å². The third kappa shape index (κ3) is 3.13. The second-order valence-electron chi connectivity index (χ2n) is 5.13. The van der Waals surface area contributed by atoms with Gasteiger partial charge in [-0.3, -0.25) is 4.79 Å². The highest BCUT2D eigenvalue weighted by Gasteiger charge is 2.16. The van der Waals surface area contributed by atoms with Gasteiger partial charge < -0.3 is 15.3 Å². The van der Waals surface area contributed by atoms with Crippen LogP contribution in [-0.4, -0.2) is 39.1 Å². The largest absolute Gasteiger partial charge is 0.504 e. The lowest BCUT2D eigenvalue weighted by Gasteiger charge is -2.27. The molecule has 22 heavy (non-hydrogen) atoms. The van der Waals surface area contributed by atoms with Crippen LogP contribution in [0.4, 0.5) is 11.6 Å². The zero-order valence-electron chi connectivity index (χ0n) is 12.1. The zero-order chi connectivity index (χ0) is 15.4. The Morgan fingerprint density at radius 3 is 2.77 bits per heavy atom. The molecule has 0 aliphatic carbocycles. The number of carbonyl (C=O) groups is 1. The Labute approximate surface area is 128 Å². The summed E-state index contributed by atoms with van der Waals surface area (Å²) in [7, 11) is 0. The van der Waals surface area contributed by atoms with E-state index in [1.165, 1.54) is 25.0 Å². The number of piperidine rings is 1. The number of hydrogen-bond acceptors (Lipinski definition) is 6. The third-order valence-corrected chi connectivity index (χ3v) is 3.58. The summed E-state index contributed by atoms with van der Waals surface area (Å²) in [4.78, 5) is 26.5. The SMILES string of the molecule is O=C(Nc1ncccc1O)c1cc(N2CCCCC2)ncn1. The number of aromatic hydroxyl groups is 1. The van der Waals surface area contributed by atoms with E-state index in [0.717, 1.165) is 31.7 Å². The number of pyridine rings is 1. The highest BCUT2D eigenvalue weighted by molar-refractivity contribution is 6.03. The molecule has 7 nitrogen and oxygen atoms in total. The normalized spacial score (nSPS) is 14.6. The van der Waals surface area contributed by atoms with Gasteiger partial charge >= 0.3 is 0 Å². The lowest BCUT2D eigenvalue weighted by atomic mass is 10.1. The van der Waals surface area contributed by atoms with E-state index in [4.69, 9.17) is 0 Å². The minimum atomic E-state index is -0.422. The van der Waals surface area contributed by atoms with Gasteiger partial charge in [-0.2, -0.15) is 0 Å². The Morgan fingerprint density at radius 2 is 2.00 bits per heavy atom. The molecule has 1 saturated heterocycles. The zero-order valence-corrected chi connectivity index (χ0v) is 12.1. The summed E-state index contributed by atoms with van der Waals surface area (Å²) in [5, 5.41) is 12.2. The molecule has 2 N–H and O–H groups in total. The van der Waals surface area contributed by atoms with Crippen molar-refractivity contribution in [2.24, 2.45) is 0 Å². The summed E-state index contributed by atoms with van der Waals surface area (Å²) < 4.78 is 0. The van der Waals surface area contributed by atoms with Crippen molar-refractivity contribution in [3.63, 3.8) is 0 Å². The Morgan fingerprint density at radius 1 is 1.18 bits per heavy atom. The van der Waals surface area contributed by atoms with Crippen LogP contribution in [0.1, 0.15) is 29.8 Å². The highest BCUT2D eigenvalue weighted by Crippen LogP contribution is 2.20. The molecule has 0 atom stereocenters. The number of carbonyl (C=O) groups excluding carboxylic acids is 1. The Bertz CT molecular complexity index is 670. The molecule has 1 amide bonds. The summed E-state index contributed by atoms with van der Waals surface area (Å²) in [5.74, 6) is 0.367. The number of hydrogen-bond donors (Lipinski definition) is 2. The molecule has 0 bridgehead atoms. The molecule has 0 unspecified atom stereocenters. The fourth-order valence-electron chi connectivity index (χ4n) is 2.43. The van der Waals surface area contributed by atoms with Gasteiger partial charge in [-0.05, 0) is 31.4 Å². The van der Waals surface area contributed by atoms with Crippen LogP contribution in [0.25, 0.3) is 0 Å². The van der Waals surface area contributed by atoms with Gasteiger partial charge in [0.05, 0.1) is 0 Å². The molecule has 3 rings (SSSR count). The van der Waals surface area contributed by atoms with Crippen molar-refractivity contribution in [2.45, 2.75) is 19.3 Å². The molecule has 0 spiro atoms. The first kappa shape index (κ1) is 14.2. The van der Waals surface area contributed by atoms with Gasteiger partial charge in [0, 0.05) is 25.4 Å². The molecule has 114 valence electrons. The maximum Gasteiger partial charge on any atom is 0.275 e. The molecule has 1 aliphatic rings. The topological polar surface area (TPSA) is 91.2 Å². The smallest absolute Gasteiger partial charge is 0.275 e. The molecule has 3 heterocycles. The molecule has 2 aromatic rings. The summed E-state index contributed by atoms with van der Waals surface area (Å²) in [6, 6.07) is 4.71. The molecule has 7 heteroatoms. The van der Waals surface area contributed by atoms with E-state index in [1.54, 1.807) is 12.1 Å². The van der Waals surface area contributed by atoms with Gasteiger partial charge in [-0.1, -0.05) is 0 Å². The fourth-order valence-corrected chi connectivity index (χ4v) is 2.43. The van der Waals surface area contributed by atoms with Crippen molar-refractivity contribution in [2.75, 3.05) is 23.3 Å². The second kappa shape index (κ2) is 6.38. The quantitative estimate of drug-likeness (QED) is 0.898. The van der Waals surface area contributed by atoms with Gasteiger partial charge in [0.1, 0.15) is 17.8 Å². The number of rotatable bonds is 3. The Balaban J connectivity index is 1.76. The van der Waals surface area contributed by atoms with E-state index in [0.29, 0.717) is 0 Å². The number of aromatic nitrogens is 3. The first-order chi connectivity index (χ1) is 10.7. The Hall–Kier alpha value is -2.70. The maximum atomic E-state index is 12.2. The molecular weight excluding hydrogens is 282 g/mol. The van der Waals surface area contributed by atoms with E-state index < -0.39 is 5.91 Å². The third-order valence-electron chi connectivity index (χ3n) is 3.58. The minimum absolute atomic E-state index is 0.0823. The van der Waals surface area contributed by atoms with E-state index in [1.807, 2.05) is 0 Å². The summed E-state index contributed by atoms with van der Waals surface area (Å²) in [6.07, 6.45) is 6.38. The van der Waals surface area contributed by atoms with Crippen LogP contribution in [0.5, 0.6) is 5.75 Å². The fraction of sp³-hybridized carbons (Fsp3) is 0.333. The van der Waals surface area contributed by atoms with Crippen molar-refractivity contribution < 1.29 is 9.90 Å². The van der Waals surface area contributed by atoms with Crippen molar-refractivity contribution in [3.05, 3.63) is 36.4 Å². The van der Waals surface area contributed by atoms with Gasteiger partial charge in [0.15, 0.2) is 11.6 Å². The Kier molecular flexibility index (Phi) is 4.13. The molecule has 1 fully saturated rings. The molecule has 1 aliphatic heterocycles. The second-order valence-corrected chi connectivity index (χ2v) is 5.13. The first-order valence-electron chi connectivity index (χ1n) is 7.26. The summed E-state index contributed by atoms with van der Waals surface area (Å²) in [5.41, 5.74) is 0.251. The van der Waals surface area contributed by atoms with Crippen LogP contribution in [0.2, 0.25) is 0 Å². The number of nitrogens with one attached hydrogen (secondary N) is 1. The maximum absolute atomic E-state index is 12.2. The minimum Gasteiger partial charge on any atom is -0.504 e. The van der Waals surface area contributed by atoms with Crippen LogP contribution < -0.4 is 10.2 Å². The number of anilines is 2. The van der Waals surface area contributed by atoms with Crippen molar-refractivity contribution >= 4 is 17.5 Å². The highest BCUT2D eigenvalue weighted by atomic mass is 16.3. The van der Waals surface area contributed by atoms with E-state index in [2.05, 4.69) is 25.2 Å². The van der Waals surface area contributed by atoms with Gasteiger partial charge in [0.25, 0.3) is 5.91 Å². The predicted molar refractivity (Wildman–Crippen MR) is 82.0 cm³/mol. The average Bonchev–Trinajstić information content (AvgIpc) is 2.58. The van der Waals surface area contributed by atoms with E-state index >= 15 is 0 Å². The number of nitrogens with zero attached hydrogens (tertiary/aromatic N) is 4. The monoisotopic (exact) mass is 299 g/mol. The van der Waals surface area contributed by atoms with Gasteiger partial charge in [-0.25, -0.2) is 15.0 Å². The first-order valence-corrected chi connectivity index (χ1v) is 7.26. The van der Waals surface area contributed by atoms with Gasteiger partial charge in [-0.15, -0.1) is 0 Å². The summed E-state index contributed by atoms with van der Waals surface area (Å²) in [6.45, 7) is 1.89. The molecular formula is C15H17N5O2. The van der Waals surface area contributed by atoms with E-state index in [-0.39, 0.29) is 17.3 Å². The number of amides is 1. The van der Waals surface area contributed by atoms with Crippen LogP contribution in [0, 0.1) is 0 Å². The van der Waals surface area contributed by atoms with E-state index in [9.17, 15) is 9.90 Å². The van der Waals surface area contributed by atoms with Crippen LogP contribution in [-0.2, 0) is 0 Å². The van der Waals surface area contributed by atoms with Gasteiger partial charge in [0.2, 0.25) is 0 Å². The van der Waals surface area contributed by atoms with Crippen LogP contribution in [0.3, 0.4) is 0 Å². The lowest BCUT2D eigenvalue weighted by molar-refractivity contribution is 0.102. The summed E-state index contributed by atoms with van der Waals surface area (Å²) >= 11 is 0. The van der Waals surface area contributed by atoms with Crippen molar-refractivity contribution in [1.82, 2.24) is 15.0 Å². The van der Waals surface area contributed by atoms with Crippen molar-refractivity contribution in [1.29, 1.82) is 0 Å². The van der Waals surface area contributed by atoms with Crippen LogP contribution in [0.15, 0.2) is 30.7 Å². The molecule has 0 saturated carbocycles.